The van der Waals surface area contributed by atoms with E-state index in [9.17, 15) is 4.79 Å². The molecular formula is C18H28ClN3O3. The lowest BCUT2D eigenvalue weighted by molar-refractivity contribution is 0.0155. The summed E-state index contributed by atoms with van der Waals surface area (Å²) in [6, 6.07) is 3.52. The van der Waals surface area contributed by atoms with Gasteiger partial charge in [0.2, 0.25) is 0 Å². The maximum absolute atomic E-state index is 12.2. The maximum atomic E-state index is 12.2. The Balaban J connectivity index is 1.63. The van der Waals surface area contributed by atoms with Crippen LogP contribution in [0, 0.1) is 5.92 Å². The van der Waals surface area contributed by atoms with Crippen molar-refractivity contribution in [2.75, 3.05) is 19.7 Å². The van der Waals surface area contributed by atoms with Gasteiger partial charge in [0.1, 0.15) is 5.60 Å². The van der Waals surface area contributed by atoms with Crippen molar-refractivity contribution in [1.29, 1.82) is 0 Å². The van der Waals surface area contributed by atoms with Crippen molar-refractivity contribution < 1.29 is 14.3 Å². The quantitative estimate of drug-likeness (QED) is 0.707. The SMILES string of the molecule is CC(C)(C)OC(=O)N1CCC[C@H](CCCOCc2ccc(Cl)nn2)C1. The fraction of sp³-hybridized carbons (Fsp3) is 0.722. The largest absolute Gasteiger partial charge is 0.444 e. The Kier molecular flexibility index (Phi) is 7.44. The first-order chi connectivity index (χ1) is 11.8. The van der Waals surface area contributed by atoms with Gasteiger partial charge >= 0.3 is 6.09 Å². The molecule has 1 aliphatic heterocycles. The zero-order valence-corrected chi connectivity index (χ0v) is 16.1. The molecule has 1 aliphatic rings. The molecule has 25 heavy (non-hydrogen) atoms. The molecule has 7 heteroatoms. The minimum absolute atomic E-state index is 0.199. The first-order valence-electron chi connectivity index (χ1n) is 8.87. The third kappa shape index (κ3) is 7.57. The molecule has 1 saturated heterocycles. The molecule has 0 aromatic carbocycles. The summed E-state index contributed by atoms with van der Waals surface area (Å²) in [5.41, 5.74) is 0.334. The number of likely N-dealkylation sites (tertiary alicyclic amines) is 1. The minimum atomic E-state index is -0.442. The molecule has 0 unspecified atom stereocenters. The summed E-state index contributed by atoms with van der Waals surface area (Å²) < 4.78 is 11.1. The van der Waals surface area contributed by atoms with Crippen molar-refractivity contribution >= 4 is 17.7 Å². The highest BCUT2D eigenvalue weighted by Gasteiger charge is 2.27. The summed E-state index contributed by atoms with van der Waals surface area (Å²) in [5.74, 6) is 0.514. The van der Waals surface area contributed by atoms with Crippen LogP contribution in [0.2, 0.25) is 5.15 Å². The Labute approximate surface area is 154 Å². The van der Waals surface area contributed by atoms with Crippen molar-refractivity contribution in [3.8, 4) is 0 Å². The molecule has 2 rings (SSSR count). The lowest BCUT2D eigenvalue weighted by Crippen LogP contribution is -2.42. The first kappa shape index (κ1) is 19.9. The number of piperidine rings is 1. The third-order valence-electron chi connectivity index (χ3n) is 4.01. The number of hydrogen-bond acceptors (Lipinski definition) is 5. The Bertz CT molecular complexity index is 545. The lowest BCUT2D eigenvalue weighted by Gasteiger charge is -2.34. The van der Waals surface area contributed by atoms with Crippen LogP contribution >= 0.6 is 11.6 Å². The van der Waals surface area contributed by atoms with Crippen LogP contribution in [0.5, 0.6) is 0 Å². The Morgan fingerprint density at radius 1 is 1.36 bits per heavy atom. The predicted molar refractivity (Wildman–Crippen MR) is 96.5 cm³/mol. The highest BCUT2D eigenvalue weighted by atomic mass is 35.5. The van der Waals surface area contributed by atoms with Crippen LogP contribution in [0.1, 0.15) is 52.1 Å². The monoisotopic (exact) mass is 369 g/mol. The molecule has 0 bridgehead atoms. The fourth-order valence-electron chi connectivity index (χ4n) is 2.86. The van der Waals surface area contributed by atoms with Gasteiger partial charge in [-0.2, -0.15) is 5.10 Å². The van der Waals surface area contributed by atoms with Crippen LogP contribution in [0.3, 0.4) is 0 Å². The molecule has 140 valence electrons. The Morgan fingerprint density at radius 2 is 2.16 bits per heavy atom. The van der Waals surface area contributed by atoms with E-state index < -0.39 is 5.60 Å². The van der Waals surface area contributed by atoms with E-state index >= 15 is 0 Å². The van der Waals surface area contributed by atoms with Crippen molar-refractivity contribution in [3.05, 3.63) is 23.0 Å². The number of halogens is 1. The van der Waals surface area contributed by atoms with E-state index in [0.29, 0.717) is 24.3 Å². The normalized spacial score (nSPS) is 18.2. The molecule has 0 spiro atoms. The first-order valence-corrected chi connectivity index (χ1v) is 9.25. The molecular weight excluding hydrogens is 342 g/mol. The summed E-state index contributed by atoms with van der Waals surface area (Å²) in [4.78, 5) is 14.0. The smallest absolute Gasteiger partial charge is 0.410 e. The van der Waals surface area contributed by atoms with E-state index in [0.717, 1.165) is 44.5 Å². The Morgan fingerprint density at radius 3 is 2.84 bits per heavy atom. The van der Waals surface area contributed by atoms with Gasteiger partial charge in [0.15, 0.2) is 5.15 Å². The second-order valence-electron chi connectivity index (χ2n) is 7.48. The lowest BCUT2D eigenvalue weighted by atomic mass is 9.94. The van der Waals surface area contributed by atoms with Crippen LogP contribution in [0.15, 0.2) is 12.1 Å². The standard InChI is InChI=1S/C18H28ClN3O3/c1-18(2,3)25-17(23)22-10-4-6-14(12-22)7-5-11-24-13-15-8-9-16(19)21-20-15/h8-9,14H,4-7,10-13H2,1-3H3/t14-/m1/s1. The molecule has 0 N–H and O–H groups in total. The number of rotatable bonds is 6. The summed E-state index contributed by atoms with van der Waals surface area (Å²) in [5, 5.41) is 8.13. The molecule has 1 aromatic heterocycles. The zero-order chi connectivity index (χ0) is 18.3. The topological polar surface area (TPSA) is 64.5 Å². The van der Waals surface area contributed by atoms with Crippen LogP contribution in [-0.2, 0) is 16.1 Å². The molecule has 1 fully saturated rings. The summed E-state index contributed by atoms with van der Waals surface area (Å²) in [7, 11) is 0. The predicted octanol–water partition coefficient (Wildman–Crippen LogP) is 4.07. The van der Waals surface area contributed by atoms with Gasteiger partial charge in [0.05, 0.1) is 12.3 Å². The van der Waals surface area contributed by atoms with Gasteiger partial charge in [0, 0.05) is 19.7 Å². The van der Waals surface area contributed by atoms with E-state index in [1.54, 1.807) is 6.07 Å². The third-order valence-corrected chi connectivity index (χ3v) is 4.21. The summed E-state index contributed by atoms with van der Waals surface area (Å²) in [6.07, 6.45) is 4.00. The zero-order valence-electron chi connectivity index (χ0n) is 15.3. The van der Waals surface area contributed by atoms with E-state index in [4.69, 9.17) is 21.1 Å². The van der Waals surface area contributed by atoms with Crippen molar-refractivity contribution in [3.63, 3.8) is 0 Å². The highest BCUT2D eigenvalue weighted by molar-refractivity contribution is 6.29. The Hall–Kier alpha value is -1.40. The number of amides is 1. The second kappa shape index (κ2) is 9.34. The fourth-order valence-corrected chi connectivity index (χ4v) is 2.97. The van der Waals surface area contributed by atoms with Crippen LogP contribution < -0.4 is 0 Å². The van der Waals surface area contributed by atoms with Gasteiger partial charge in [-0.25, -0.2) is 4.79 Å². The number of nitrogens with zero attached hydrogens (tertiary/aromatic N) is 3. The van der Waals surface area contributed by atoms with E-state index in [-0.39, 0.29) is 6.09 Å². The van der Waals surface area contributed by atoms with Crippen LogP contribution in [-0.4, -0.2) is 46.5 Å². The number of aromatic nitrogens is 2. The van der Waals surface area contributed by atoms with Gasteiger partial charge in [-0.3, -0.25) is 0 Å². The number of carbonyl (C=O) groups is 1. The average Bonchev–Trinajstić information content (AvgIpc) is 2.55. The molecule has 1 aromatic rings. The maximum Gasteiger partial charge on any atom is 0.410 e. The molecule has 1 atom stereocenters. The van der Waals surface area contributed by atoms with Crippen LogP contribution in [0.25, 0.3) is 0 Å². The average molecular weight is 370 g/mol. The molecule has 0 saturated carbocycles. The number of carbonyl (C=O) groups excluding carboxylic acids is 1. The molecule has 6 nitrogen and oxygen atoms in total. The van der Waals surface area contributed by atoms with Gasteiger partial charge in [-0.1, -0.05) is 11.6 Å². The van der Waals surface area contributed by atoms with Crippen LogP contribution in [0.4, 0.5) is 4.79 Å². The van der Waals surface area contributed by atoms with E-state index in [1.165, 1.54) is 0 Å². The van der Waals surface area contributed by atoms with E-state index in [2.05, 4.69) is 10.2 Å². The number of hydrogen-bond donors (Lipinski definition) is 0. The highest BCUT2D eigenvalue weighted by Crippen LogP contribution is 2.22. The van der Waals surface area contributed by atoms with Gasteiger partial charge in [-0.15, -0.1) is 5.10 Å². The second-order valence-corrected chi connectivity index (χ2v) is 7.86. The van der Waals surface area contributed by atoms with Crippen molar-refractivity contribution in [1.82, 2.24) is 15.1 Å². The number of ether oxygens (including phenoxy) is 2. The summed E-state index contributed by atoms with van der Waals surface area (Å²) >= 11 is 5.70. The summed E-state index contributed by atoms with van der Waals surface area (Å²) in [6.45, 7) is 8.37. The molecule has 0 aliphatic carbocycles. The van der Waals surface area contributed by atoms with Gasteiger partial charge in [0.25, 0.3) is 0 Å². The minimum Gasteiger partial charge on any atom is -0.444 e. The van der Waals surface area contributed by atoms with Crippen molar-refractivity contribution in [2.24, 2.45) is 5.92 Å². The molecule has 1 amide bonds. The van der Waals surface area contributed by atoms with Crippen molar-refractivity contribution in [2.45, 2.75) is 58.7 Å². The molecule has 0 radical (unpaired) electrons. The molecule has 2 heterocycles. The van der Waals surface area contributed by atoms with Gasteiger partial charge < -0.3 is 14.4 Å². The van der Waals surface area contributed by atoms with E-state index in [1.807, 2.05) is 31.7 Å². The van der Waals surface area contributed by atoms with Gasteiger partial charge in [-0.05, 0) is 64.5 Å².